The van der Waals surface area contributed by atoms with Crippen molar-refractivity contribution in [3.8, 4) is 17.3 Å². The van der Waals surface area contributed by atoms with E-state index in [1.807, 2.05) is 54.0 Å². The van der Waals surface area contributed by atoms with Gasteiger partial charge in [-0.05, 0) is 31.2 Å². The molecular formula is C14H14N4O. The Kier molecular flexibility index (Phi) is 2.89. The van der Waals surface area contributed by atoms with E-state index < -0.39 is 0 Å². The first-order valence-corrected chi connectivity index (χ1v) is 6.06. The molecule has 2 N–H and O–H groups in total. The average Bonchev–Trinajstić information content (AvgIpc) is 3.05. The zero-order valence-corrected chi connectivity index (χ0v) is 10.6. The third-order valence-corrected chi connectivity index (χ3v) is 2.92. The van der Waals surface area contributed by atoms with Crippen LogP contribution in [0, 0.1) is 6.92 Å². The summed E-state index contributed by atoms with van der Waals surface area (Å²) in [6.45, 7) is 2.29. The lowest BCUT2D eigenvalue weighted by atomic mass is 10.3. The summed E-state index contributed by atoms with van der Waals surface area (Å²) >= 11 is 0. The second-order valence-electron chi connectivity index (χ2n) is 4.21. The monoisotopic (exact) mass is 254 g/mol. The van der Waals surface area contributed by atoms with Gasteiger partial charge in [0, 0.05) is 5.69 Å². The lowest BCUT2D eigenvalue weighted by molar-refractivity contribution is 0.520. The average molecular weight is 254 g/mol. The highest BCUT2D eigenvalue weighted by Crippen LogP contribution is 2.24. The van der Waals surface area contributed by atoms with Crippen molar-refractivity contribution < 1.29 is 4.42 Å². The number of benzene rings is 1. The summed E-state index contributed by atoms with van der Waals surface area (Å²) in [4.78, 5) is 0. The Balaban J connectivity index is 2.13. The molecule has 0 unspecified atom stereocenters. The van der Waals surface area contributed by atoms with Gasteiger partial charge in [-0.2, -0.15) is 0 Å². The maximum Gasteiger partial charge on any atom is 0.204 e. The van der Waals surface area contributed by atoms with Crippen molar-refractivity contribution in [2.45, 2.75) is 13.5 Å². The molecule has 0 fully saturated rings. The summed E-state index contributed by atoms with van der Waals surface area (Å²) in [5.74, 6) is 2.90. The molecule has 0 saturated carbocycles. The molecule has 0 radical (unpaired) electrons. The van der Waals surface area contributed by atoms with Crippen LogP contribution in [0.2, 0.25) is 0 Å². The van der Waals surface area contributed by atoms with Crippen molar-refractivity contribution in [3.05, 3.63) is 54.0 Å². The predicted molar refractivity (Wildman–Crippen MR) is 71.7 cm³/mol. The van der Waals surface area contributed by atoms with Crippen LogP contribution >= 0.6 is 0 Å². The van der Waals surface area contributed by atoms with Gasteiger partial charge in [0.2, 0.25) is 5.82 Å². The largest absolute Gasteiger partial charge is 0.456 e. The van der Waals surface area contributed by atoms with Crippen LogP contribution in [-0.4, -0.2) is 14.8 Å². The molecule has 3 rings (SSSR count). The standard InChI is InChI=1S/C14H14N4O/c1-10-16-17-14(13-8-7-12(9-15)19-13)18(10)11-5-3-2-4-6-11/h2-8H,9,15H2,1H3. The number of rotatable bonds is 3. The van der Waals surface area contributed by atoms with Crippen LogP contribution in [0.15, 0.2) is 46.9 Å². The number of para-hydroxylation sites is 1. The highest BCUT2D eigenvalue weighted by molar-refractivity contribution is 5.52. The Hall–Kier alpha value is -2.40. The number of hydrogen-bond donors (Lipinski definition) is 1. The molecule has 0 aliphatic rings. The second-order valence-corrected chi connectivity index (χ2v) is 4.21. The molecule has 0 atom stereocenters. The van der Waals surface area contributed by atoms with Crippen LogP contribution in [0.5, 0.6) is 0 Å². The van der Waals surface area contributed by atoms with Crippen molar-refractivity contribution in [1.82, 2.24) is 14.8 Å². The van der Waals surface area contributed by atoms with E-state index in [2.05, 4.69) is 10.2 Å². The molecule has 0 bridgehead atoms. The Labute approximate surface area is 110 Å². The summed E-state index contributed by atoms with van der Waals surface area (Å²) in [5.41, 5.74) is 6.56. The van der Waals surface area contributed by atoms with Gasteiger partial charge in [0.05, 0.1) is 6.54 Å². The minimum absolute atomic E-state index is 0.373. The van der Waals surface area contributed by atoms with E-state index in [-0.39, 0.29) is 0 Å². The molecule has 0 spiro atoms. The van der Waals surface area contributed by atoms with Crippen LogP contribution in [0.1, 0.15) is 11.6 Å². The van der Waals surface area contributed by atoms with Crippen LogP contribution in [0.25, 0.3) is 17.3 Å². The molecule has 2 aromatic heterocycles. The zero-order valence-electron chi connectivity index (χ0n) is 10.6. The fourth-order valence-electron chi connectivity index (χ4n) is 2.02. The lowest BCUT2D eigenvalue weighted by Gasteiger charge is -2.06. The molecule has 5 heteroatoms. The molecule has 0 aliphatic heterocycles. The van der Waals surface area contributed by atoms with E-state index >= 15 is 0 Å². The van der Waals surface area contributed by atoms with E-state index in [9.17, 15) is 0 Å². The van der Waals surface area contributed by atoms with Crippen molar-refractivity contribution in [2.24, 2.45) is 5.73 Å². The van der Waals surface area contributed by atoms with E-state index in [0.29, 0.717) is 18.1 Å². The molecule has 96 valence electrons. The minimum Gasteiger partial charge on any atom is -0.456 e. The predicted octanol–water partition coefficient (Wildman–Crippen LogP) is 2.29. The molecule has 0 aliphatic carbocycles. The van der Waals surface area contributed by atoms with Gasteiger partial charge < -0.3 is 10.2 Å². The van der Waals surface area contributed by atoms with Crippen LogP contribution in [-0.2, 0) is 6.54 Å². The highest BCUT2D eigenvalue weighted by atomic mass is 16.3. The van der Waals surface area contributed by atoms with Gasteiger partial charge in [-0.1, -0.05) is 18.2 Å². The van der Waals surface area contributed by atoms with E-state index in [4.69, 9.17) is 10.2 Å². The third-order valence-electron chi connectivity index (χ3n) is 2.92. The SMILES string of the molecule is Cc1nnc(-c2ccc(CN)o2)n1-c1ccccc1. The summed E-state index contributed by atoms with van der Waals surface area (Å²) in [5, 5.41) is 8.31. The van der Waals surface area contributed by atoms with Gasteiger partial charge in [0.15, 0.2) is 5.76 Å². The first kappa shape index (κ1) is 11.7. The summed E-state index contributed by atoms with van der Waals surface area (Å²) in [7, 11) is 0. The van der Waals surface area contributed by atoms with Gasteiger partial charge in [-0.3, -0.25) is 4.57 Å². The van der Waals surface area contributed by atoms with Gasteiger partial charge in [0.25, 0.3) is 0 Å². The minimum atomic E-state index is 0.373. The van der Waals surface area contributed by atoms with Crippen LogP contribution < -0.4 is 5.73 Å². The quantitative estimate of drug-likeness (QED) is 0.778. The van der Waals surface area contributed by atoms with Crippen LogP contribution in [0.4, 0.5) is 0 Å². The number of aryl methyl sites for hydroxylation is 1. The summed E-state index contributed by atoms with van der Waals surface area (Å²) in [6, 6.07) is 13.7. The normalized spacial score (nSPS) is 10.8. The number of nitrogens with two attached hydrogens (primary N) is 1. The summed E-state index contributed by atoms with van der Waals surface area (Å²) < 4.78 is 7.60. The Morgan fingerprint density at radius 1 is 1.11 bits per heavy atom. The first-order valence-electron chi connectivity index (χ1n) is 6.06. The summed E-state index contributed by atoms with van der Waals surface area (Å²) in [6.07, 6.45) is 0. The molecular weight excluding hydrogens is 240 g/mol. The third kappa shape index (κ3) is 2.04. The van der Waals surface area contributed by atoms with Gasteiger partial charge in [-0.15, -0.1) is 10.2 Å². The van der Waals surface area contributed by atoms with E-state index in [0.717, 1.165) is 17.3 Å². The molecule has 0 saturated heterocycles. The molecule has 5 nitrogen and oxygen atoms in total. The first-order chi connectivity index (χ1) is 9.29. The second kappa shape index (κ2) is 4.70. The fraction of sp³-hybridized carbons (Fsp3) is 0.143. The molecule has 2 heterocycles. The molecule has 1 aromatic carbocycles. The smallest absolute Gasteiger partial charge is 0.204 e. The van der Waals surface area contributed by atoms with Crippen molar-refractivity contribution in [1.29, 1.82) is 0 Å². The maximum absolute atomic E-state index is 5.65. The molecule has 3 aromatic rings. The molecule has 0 amide bonds. The maximum atomic E-state index is 5.65. The zero-order chi connectivity index (χ0) is 13.2. The molecule has 19 heavy (non-hydrogen) atoms. The van der Waals surface area contributed by atoms with Gasteiger partial charge in [0.1, 0.15) is 11.6 Å². The van der Waals surface area contributed by atoms with E-state index in [1.165, 1.54) is 0 Å². The van der Waals surface area contributed by atoms with Crippen molar-refractivity contribution in [2.75, 3.05) is 0 Å². The Bertz CT molecular complexity index is 685. The highest BCUT2D eigenvalue weighted by Gasteiger charge is 2.15. The number of hydrogen-bond acceptors (Lipinski definition) is 4. The van der Waals surface area contributed by atoms with Gasteiger partial charge >= 0.3 is 0 Å². The van der Waals surface area contributed by atoms with Crippen molar-refractivity contribution >= 4 is 0 Å². The Morgan fingerprint density at radius 3 is 2.58 bits per heavy atom. The number of nitrogens with zero attached hydrogens (tertiary/aromatic N) is 3. The van der Waals surface area contributed by atoms with Crippen molar-refractivity contribution in [3.63, 3.8) is 0 Å². The fourth-order valence-corrected chi connectivity index (χ4v) is 2.02. The van der Waals surface area contributed by atoms with Gasteiger partial charge in [-0.25, -0.2) is 0 Å². The lowest BCUT2D eigenvalue weighted by Crippen LogP contribution is -1.99. The van der Waals surface area contributed by atoms with Crippen LogP contribution in [0.3, 0.4) is 0 Å². The Morgan fingerprint density at radius 2 is 1.89 bits per heavy atom. The number of furan rings is 1. The van der Waals surface area contributed by atoms with E-state index in [1.54, 1.807) is 0 Å². The number of aromatic nitrogens is 3. The topological polar surface area (TPSA) is 69.9 Å².